The van der Waals surface area contributed by atoms with E-state index in [1.54, 1.807) is 24.3 Å². The molecule has 210 valence electrons. The fourth-order valence-corrected chi connectivity index (χ4v) is 4.85. The van der Waals surface area contributed by atoms with Crippen LogP contribution in [0.5, 0.6) is 34.5 Å². The minimum Gasteiger partial charge on any atom is -0.507 e. The van der Waals surface area contributed by atoms with Gasteiger partial charge in [0.05, 0.1) is 19.8 Å². The molecule has 0 fully saturated rings. The van der Waals surface area contributed by atoms with Crippen LogP contribution in [-0.4, -0.2) is 34.6 Å². The minimum absolute atomic E-state index is 0.0337. The highest BCUT2D eigenvalue weighted by atomic mass is 16.5. The van der Waals surface area contributed by atoms with Gasteiger partial charge in [-0.3, -0.25) is 9.59 Å². The summed E-state index contributed by atoms with van der Waals surface area (Å²) in [6, 6.07) is 17.1. The standard InChI is InChI=1S/C32H22O10/c1-39-17-6-3-15(4-7-17)26-14-25(38)31-23(36)12-22(35)29(32(31)42-26)19-9-16(5-8-20(19)33)27-13-24(37)30-21(34)10-18(40-2)11-28(30)41-27/h3-14,33,35-37H,1-2H3. The van der Waals surface area contributed by atoms with E-state index in [9.17, 15) is 30.0 Å². The molecule has 0 amide bonds. The molecule has 1 aliphatic carbocycles. The summed E-state index contributed by atoms with van der Waals surface area (Å²) in [6.07, 6.45) is 0. The van der Waals surface area contributed by atoms with Gasteiger partial charge in [0, 0.05) is 47.0 Å². The molecule has 4 N–H and O–H groups in total. The fraction of sp³-hybridized carbons (Fsp3) is 0.0625. The number of methoxy groups -OCH3 is 2. The molecule has 1 aromatic heterocycles. The molecule has 0 unspecified atom stereocenters. The van der Waals surface area contributed by atoms with Crippen LogP contribution in [0, 0.1) is 0 Å². The fourth-order valence-electron chi connectivity index (χ4n) is 4.85. The highest BCUT2D eigenvalue weighted by Crippen LogP contribution is 2.46. The maximum absolute atomic E-state index is 13.2. The van der Waals surface area contributed by atoms with Crippen molar-refractivity contribution in [3.8, 4) is 79.6 Å². The Bertz CT molecular complexity index is 2090. The van der Waals surface area contributed by atoms with Gasteiger partial charge in [-0.05, 0) is 42.5 Å². The molecule has 0 saturated carbocycles. The lowest BCUT2D eigenvalue weighted by Crippen LogP contribution is -2.05. The van der Waals surface area contributed by atoms with E-state index in [0.29, 0.717) is 16.9 Å². The predicted octanol–water partition coefficient (Wildman–Crippen LogP) is 5.69. The van der Waals surface area contributed by atoms with Gasteiger partial charge in [-0.15, -0.1) is 0 Å². The molecule has 6 rings (SSSR count). The highest BCUT2D eigenvalue weighted by Gasteiger charge is 2.24. The van der Waals surface area contributed by atoms with Crippen LogP contribution in [0.15, 0.2) is 91.2 Å². The van der Waals surface area contributed by atoms with Gasteiger partial charge in [0.1, 0.15) is 62.7 Å². The zero-order valence-corrected chi connectivity index (χ0v) is 22.2. The number of hydrogen-bond donors (Lipinski definition) is 4. The van der Waals surface area contributed by atoms with E-state index in [0.717, 1.165) is 6.07 Å². The smallest absolute Gasteiger partial charge is 0.197 e. The van der Waals surface area contributed by atoms with Crippen molar-refractivity contribution in [3.05, 3.63) is 93.2 Å². The Kier molecular flexibility index (Phi) is 6.23. The van der Waals surface area contributed by atoms with Crippen molar-refractivity contribution in [2.45, 2.75) is 0 Å². The number of aromatic hydroxyl groups is 4. The Morgan fingerprint density at radius 3 is 1.93 bits per heavy atom. The predicted molar refractivity (Wildman–Crippen MR) is 154 cm³/mol. The van der Waals surface area contributed by atoms with Crippen LogP contribution >= 0.6 is 0 Å². The summed E-state index contributed by atoms with van der Waals surface area (Å²) in [5, 5.41) is 42.8. The van der Waals surface area contributed by atoms with E-state index in [1.165, 1.54) is 56.7 Å². The SMILES string of the molecule is COc1ccc(-c2cc(=O)c3c(O)cc(O)c(-c4cc(-c5cc(O)c6c(=O)cc(OC)cc-6o5)ccc4O)c3o2)cc1. The molecule has 42 heavy (non-hydrogen) atoms. The molecule has 3 aromatic carbocycles. The molecule has 2 aliphatic rings. The van der Waals surface area contributed by atoms with Crippen LogP contribution in [0.4, 0.5) is 0 Å². The Labute approximate surface area is 236 Å². The van der Waals surface area contributed by atoms with Crippen molar-refractivity contribution < 1.29 is 38.7 Å². The molecule has 10 nitrogen and oxygen atoms in total. The zero-order chi connectivity index (χ0) is 29.7. The molecule has 2 heterocycles. The summed E-state index contributed by atoms with van der Waals surface area (Å²) in [5.41, 5.74) is -0.436. The summed E-state index contributed by atoms with van der Waals surface area (Å²) in [6.45, 7) is 0. The second-order valence-corrected chi connectivity index (χ2v) is 9.42. The van der Waals surface area contributed by atoms with Crippen LogP contribution in [0.2, 0.25) is 0 Å². The Balaban J connectivity index is 1.58. The highest BCUT2D eigenvalue weighted by molar-refractivity contribution is 6.01. The minimum atomic E-state index is -0.576. The molecule has 1 aliphatic heterocycles. The molecule has 10 heteroatoms. The number of rotatable bonds is 5. The van der Waals surface area contributed by atoms with E-state index in [4.69, 9.17) is 18.3 Å². The van der Waals surface area contributed by atoms with Gasteiger partial charge >= 0.3 is 0 Å². The average molecular weight is 567 g/mol. The van der Waals surface area contributed by atoms with Crippen molar-refractivity contribution >= 4 is 11.0 Å². The lowest BCUT2D eigenvalue weighted by atomic mass is 9.96. The van der Waals surface area contributed by atoms with Gasteiger partial charge in [-0.1, -0.05) is 0 Å². The zero-order valence-electron chi connectivity index (χ0n) is 22.2. The maximum Gasteiger partial charge on any atom is 0.197 e. The lowest BCUT2D eigenvalue weighted by molar-refractivity contribution is 0.411. The third-order valence-corrected chi connectivity index (χ3v) is 6.90. The number of phenolic OH excluding ortho intramolecular Hbond substituents is 3. The summed E-state index contributed by atoms with van der Waals surface area (Å²) in [7, 11) is 2.91. The van der Waals surface area contributed by atoms with E-state index >= 15 is 0 Å². The first-order valence-electron chi connectivity index (χ1n) is 12.5. The van der Waals surface area contributed by atoms with E-state index in [2.05, 4.69) is 0 Å². The Hall–Kier alpha value is -5.90. The van der Waals surface area contributed by atoms with Gasteiger partial charge in [0.25, 0.3) is 0 Å². The van der Waals surface area contributed by atoms with Crippen molar-refractivity contribution in [3.63, 3.8) is 0 Å². The lowest BCUT2D eigenvalue weighted by Gasteiger charge is -2.15. The second-order valence-electron chi connectivity index (χ2n) is 9.42. The van der Waals surface area contributed by atoms with Gasteiger partial charge in [-0.25, -0.2) is 0 Å². The van der Waals surface area contributed by atoms with E-state index in [-0.39, 0.29) is 62.2 Å². The topological polar surface area (TPSA) is 160 Å². The number of benzene rings is 4. The van der Waals surface area contributed by atoms with Gasteiger partial charge in [0.2, 0.25) is 0 Å². The summed E-state index contributed by atoms with van der Waals surface area (Å²) in [4.78, 5) is 25.6. The second kappa shape index (κ2) is 9.93. The Morgan fingerprint density at radius 1 is 0.548 bits per heavy atom. The van der Waals surface area contributed by atoms with Crippen LogP contribution in [0.1, 0.15) is 0 Å². The maximum atomic E-state index is 13.2. The van der Waals surface area contributed by atoms with Crippen LogP contribution in [0.25, 0.3) is 56.1 Å². The van der Waals surface area contributed by atoms with E-state index in [1.807, 2.05) is 0 Å². The van der Waals surface area contributed by atoms with Crippen LogP contribution < -0.4 is 20.3 Å². The van der Waals surface area contributed by atoms with Crippen LogP contribution in [0.3, 0.4) is 0 Å². The molecule has 0 saturated heterocycles. The normalized spacial score (nSPS) is 11.2. The van der Waals surface area contributed by atoms with Crippen molar-refractivity contribution in [1.82, 2.24) is 0 Å². The molecule has 0 atom stereocenters. The molecule has 0 bridgehead atoms. The third-order valence-electron chi connectivity index (χ3n) is 6.90. The number of hydrogen-bond acceptors (Lipinski definition) is 10. The Morgan fingerprint density at radius 2 is 1.21 bits per heavy atom. The number of ether oxygens (including phenoxy) is 2. The summed E-state index contributed by atoms with van der Waals surface area (Å²) >= 11 is 0. The average Bonchev–Trinajstić information content (AvgIpc) is 2.97. The van der Waals surface area contributed by atoms with Gasteiger partial charge < -0.3 is 38.7 Å². The van der Waals surface area contributed by atoms with Crippen LogP contribution in [-0.2, 0) is 0 Å². The van der Waals surface area contributed by atoms with Crippen molar-refractivity contribution in [1.29, 1.82) is 0 Å². The molecule has 4 aromatic rings. The number of fused-ring (bicyclic) bond motifs is 2. The van der Waals surface area contributed by atoms with Gasteiger partial charge in [-0.2, -0.15) is 0 Å². The van der Waals surface area contributed by atoms with Crippen molar-refractivity contribution in [2.75, 3.05) is 14.2 Å². The summed E-state index contributed by atoms with van der Waals surface area (Å²) in [5.74, 6) is -0.427. The molecule has 0 radical (unpaired) electrons. The first kappa shape index (κ1) is 26.3. The first-order valence-corrected chi connectivity index (χ1v) is 12.5. The van der Waals surface area contributed by atoms with Crippen molar-refractivity contribution in [2.24, 2.45) is 0 Å². The molecular weight excluding hydrogens is 544 g/mol. The molecule has 0 spiro atoms. The largest absolute Gasteiger partial charge is 0.507 e. The quantitative estimate of drug-likeness (QED) is 0.204. The first-order chi connectivity index (χ1) is 20.2. The summed E-state index contributed by atoms with van der Waals surface area (Å²) < 4.78 is 22.3. The molecular formula is C32H22O10. The monoisotopic (exact) mass is 566 g/mol. The van der Waals surface area contributed by atoms with E-state index < -0.39 is 22.4 Å². The third kappa shape index (κ3) is 4.31. The van der Waals surface area contributed by atoms with Gasteiger partial charge in [0.15, 0.2) is 16.4 Å². The number of phenols is 3.